The quantitative estimate of drug-likeness (QED) is 0.667. The van der Waals surface area contributed by atoms with E-state index in [1.54, 1.807) is 6.07 Å². The van der Waals surface area contributed by atoms with Crippen LogP contribution in [0.2, 0.25) is 0 Å². The minimum Gasteiger partial charge on any atom is -0.508 e. The zero-order valence-electron chi connectivity index (χ0n) is 15.0. The van der Waals surface area contributed by atoms with Gasteiger partial charge < -0.3 is 5.11 Å². The first kappa shape index (κ1) is 17.5. The summed E-state index contributed by atoms with van der Waals surface area (Å²) in [6, 6.07) is 12.1. The minimum absolute atomic E-state index is 0.228. The highest BCUT2D eigenvalue weighted by atomic mass is 32.1. The lowest BCUT2D eigenvalue weighted by molar-refractivity contribution is 0.465. The lowest BCUT2D eigenvalue weighted by Crippen LogP contribution is -2.04. The monoisotopic (exact) mass is 353 g/mol. The molecule has 0 bridgehead atoms. The highest BCUT2D eigenvalue weighted by Gasteiger charge is 2.15. The standard InChI is InChI=1S/C20H23N3OS/c1-12(2)17-10-16(5-6-18(17)24)19-21-22-20(25)23(19)11-15-8-13(3)7-14(4)9-15/h5-10,12,24H,11H2,1-4H3,(H,22,25). The number of thiol groups is 1. The van der Waals surface area contributed by atoms with E-state index >= 15 is 0 Å². The van der Waals surface area contributed by atoms with Gasteiger partial charge in [0.05, 0.1) is 6.54 Å². The molecule has 0 atom stereocenters. The molecule has 0 aliphatic rings. The Balaban J connectivity index is 2.04. The SMILES string of the molecule is Cc1cc(C)cc(Cn2c(S)nnc2-c2ccc(O)c(C(C)C)c2)c1. The zero-order chi connectivity index (χ0) is 18.1. The maximum Gasteiger partial charge on any atom is 0.188 e. The molecule has 0 saturated heterocycles. The number of hydrogen-bond donors (Lipinski definition) is 2. The summed E-state index contributed by atoms with van der Waals surface area (Å²) >= 11 is 4.48. The number of aromatic hydroxyl groups is 1. The molecule has 0 aliphatic heterocycles. The Kier molecular flexibility index (Phi) is 4.86. The summed E-state index contributed by atoms with van der Waals surface area (Å²) in [5, 5.41) is 19.1. The smallest absolute Gasteiger partial charge is 0.188 e. The Morgan fingerprint density at radius 3 is 2.36 bits per heavy atom. The van der Waals surface area contributed by atoms with Gasteiger partial charge in [-0.2, -0.15) is 0 Å². The number of phenols is 1. The first-order chi connectivity index (χ1) is 11.8. The molecular formula is C20H23N3OS. The van der Waals surface area contributed by atoms with Gasteiger partial charge in [-0.25, -0.2) is 0 Å². The maximum absolute atomic E-state index is 10.1. The topological polar surface area (TPSA) is 50.9 Å². The van der Waals surface area contributed by atoms with Crippen LogP contribution < -0.4 is 0 Å². The van der Waals surface area contributed by atoms with Crippen molar-refractivity contribution in [2.45, 2.75) is 45.3 Å². The Labute approximate surface area is 154 Å². The minimum atomic E-state index is 0.228. The fraction of sp³-hybridized carbons (Fsp3) is 0.300. The Bertz CT molecular complexity index is 895. The molecule has 0 unspecified atom stereocenters. The number of nitrogens with zero attached hydrogens (tertiary/aromatic N) is 3. The fourth-order valence-corrected chi connectivity index (χ4v) is 3.36. The second-order valence-electron chi connectivity index (χ2n) is 6.83. The molecule has 4 nitrogen and oxygen atoms in total. The van der Waals surface area contributed by atoms with Gasteiger partial charge in [0.2, 0.25) is 0 Å². The van der Waals surface area contributed by atoms with Gasteiger partial charge in [-0.1, -0.05) is 43.2 Å². The molecule has 0 saturated carbocycles. The largest absolute Gasteiger partial charge is 0.508 e. The molecule has 1 heterocycles. The summed E-state index contributed by atoms with van der Waals surface area (Å²) in [6.45, 7) is 8.97. The van der Waals surface area contributed by atoms with E-state index in [2.05, 4.69) is 68.7 Å². The third-order valence-electron chi connectivity index (χ3n) is 4.26. The predicted octanol–water partition coefficient (Wildman–Crippen LogP) is 4.73. The van der Waals surface area contributed by atoms with Crippen LogP contribution in [0.5, 0.6) is 5.75 Å². The molecule has 1 aromatic heterocycles. The Morgan fingerprint density at radius 1 is 1.04 bits per heavy atom. The molecule has 130 valence electrons. The Morgan fingerprint density at radius 2 is 1.72 bits per heavy atom. The molecule has 25 heavy (non-hydrogen) atoms. The number of benzene rings is 2. The first-order valence-corrected chi connectivity index (χ1v) is 8.82. The summed E-state index contributed by atoms with van der Waals surface area (Å²) in [4.78, 5) is 0. The average Bonchev–Trinajstić information content (AvgIpc) is 2.88. The summed E-state index contributed by atoms with van der Waals surface area (Å²) in [5.41, 5.74) is 5.49. The van der Waals surface area contributed by atoms with E-state index in [-0.39, 0.29) is 5.92 Å². The molecule has 0 amide bonds. The third kappa shape index (κ3) is 3.71. The van der Waals surface area contributed by atoms with Crippen molar-refractivity contribution in [2.24, 2.45) is 0 Å². The van der Waals surface area contributed by atoms with Crippen LogP contribution in [0.25, 0.3) is 11.4 Å². The van der Waals surface area contributed by atoms with Crippen LogP contribution in [0.1, 0.15) is 42.0 Å². The van der Waals surface area contributed by atoms with Crippen molar-refractivity contribution in [1.82, 2.24) is 14.8 Å². The van der Waals surface area contributed by atoms with Gasteiger partial charge in [0.15, 0.2) is 11.0 Å². The van der Waals surface area contributed by atoms with Gasteiger partial charge >= 0.3 is 0 Å². The molecule has 3 aromatic rings. The number of phenolic OH excluding ortho intramolecular Hbond substituents is 1. The molecule has 0 aliphatic carbocycles. The summed E-state index contributed by atoms with van der Waals surface area (Å²) in [6.07, 6.45) is 0. The van der Waals surface area contributed by atoms with Crippen LogP contribution in [-0.2, 0) is 6.54 Å². The van der Waals surface area contributed by atoms with E-state index in [0.29, 0.717) is 17.5 Å². The van der Waals surface area contributed by atoms with Crippen molar-refractivity contribution in [2.75, 3.05) is 0 Å². The summed E-state index contributed by atoms with van der Waals surface area (Å²) in [5.74, 6) is 1.29. The number of aryl methyl sites for hydroxylation is 2. The van der Waals surface area contributed by atoms with Crippen LogP contribution in [-0.4, -0.2) is 19.9 Å². The number of hydrogen-bond acceptors (Lipinski definition) is 4. The molecule has 3 rings (SSSR count). The van der Waals surface area contributed by atoms with Crippen LogP contribution in [0.4, 0.5) is 0 Å². The van der Waals surface area contributed by atoms with Crippen LogP contribution in [0.15, 0.2) is 41.6 Å². The van der Waals surface area contributed by atoms with Gasteiger partial charge in [0, 0.05) is 5.56 Å². The number of rotatable bonds is 4. The second-order valence-corrected chi connectivity index (χ2v) is 7.23. The van der Waals surface area contributed by atoms with Crippen molar-refractivity contribution < 1.29 is 5.11 Å². The van der Waals surface area contributed by atoms with E-state index in [1.165, 1.54) is 16.7 Å². The fourth-order valence-electron chi connectivity index (χ4n) is 3.15. The average molecular weight is 353 g/mol. The molecule has 2 aromatic carbocycles. The third-order valence-corrected chi connectivity index (χ3v) is 4.59. The van der Waals surface area contributed by atoms with E-state index in [4.69, 9.17) is 0 Å². The molecule has 0 spiro atoms. The van der Waals surface area contributed by atoms with Crippen molar-refractivity contribution in [3.05, 3.63) is 58.7 Å². The van der Waals surface area contributed by atoms with Gasteiger partial charge in [-0.15, -0.1) is 22.8 Å². The van der Waals surface area contributed by atoms with Gasteiger partial charge in [0.1, 0.15) is 5.75 Å². The second kappa shape index (κ2) is 6.92. The Hall–Kier alpha value is -2.27. The lowest BCUT2D eigenvalue weighted by atomic mass is 9.99. The van der Waals surface area contributed by atoms with Crippen LogP contribution in [0, 0.1) is 13.8 Å². The van der Waals surface area contributed by atoms with E-state index < -0.39 is 0 Å². The van der Waals surface area contributed by atoms with Crippen molar-refractivity contribution in [3.63, 3.8) is 0 Å². The van der Waals surface area contributed by atoms with Crippen molar-refractivity contribution >= 4 is 12.6 Å². The zero-order valence-corrected chi connectivity index (χ0v) is 15.9. The van der Waals surface area contributed by atoms with Gasteiger partial charge in [0.25, 0.3) is 0 Å². The molecule has 0 radical (unpaired) electrons. The van der Waals surface area contributed by atoms with Crippen LogP contribution >= 0.6 is 12.6 Å². The highest BCUT2D eigenvalue weighted by Crippen LogP contribution is 2.31. The van der Waals surface area contributed by atoms with E-state index in [9.17, 15) is 5.11 Å². The van der Waals surface area contributed by atoms with E-state index in [1.807, 2.05) is 16.7 Å². The lowest BCUT2D eigenvalue weighted by Gasteiger charge is -2.13. The summed E-state index contributed by atoms with van der Waals surface area (Å²) in [7, 11) is 0. The van der Waals surface area contributed by atoms with Gasteiger partial charge in [-0.3, -0.25) is 4.57 Å². The normalized spacial score (nSPS) is 11.3. The number of aromatic nitrogens is 3. The molecule has 1 N–H and O–H groups in total. The van der Waals surface area contributed by atoms with E-state index in [0.717, 1.165) is 17.0 Å². The highest BCUT2D eigenvalue weighted by molar-refractivity contribution is 7.80. The molecule has 0 fully saturated rings. The van der Waals surface area contributed by atoms with Crippen molar-refractivity contribution in [3.8, 4) is 17.1 Å². The van der Waals surface area contributed by atoms with Crippen molar-refractivity contribution in [1.29, 1.82) is 0 Å². The van der Waals surface area contributed by atoms with Crippen LogP contribution in [0.3, 0.4) is 0 Å². The first-order valence-electron chi connectivity index (χ1n) is 8.37. The summed E-state index contributed by atoms with van der Waals surface area (Å²) < 4.78 is 1.99. The predicted molar refractivity (Wildman–Crippen MR) is 103 cm³/mol. The van der Waals surface area contributed by atoms with Gasteiger partial charge in [-0.05, 0) is 49.1 Å². The molecular weight excluding hydrogens is 330 g/mol. The maximum atomic E-state index is 10.1. The molecule has 5 heteroatoms.